The van der Waals surface area contributed by atoms with Gasteiger partial charge >= 0.3 is 0 Å². The quantitative estimate of drug-likeness (QED) is 0.904. The van der Waals surface area contributed by atoms with Crippen LogP contribution in [0.15, 0.2) is 18.2 Å². The molecule has 3 saturated carbocycles. The molecule has 5 atom stereocenters. The van der Waals surface area contributed by atoms with E-state index in [0.29, 0.717) is 6.04 Å². The number of nitrogens with one attached hydrogen (secondary N) is 1. The van der Waals surface area contributed by atoms with E-state index in [4.69, 9.17) is 4.74 Å². The molecule has 20 heavy (non-hydrogen) atoms. The highest BCUT2D eigenvalue weighted by Gasteiger charge is 2.66. The highest BCUT2D eigenvalue weighted by atomic mass is 16.5. The van der Waals surface area contributed by atoms with Crippen LogP contribution in [0.4, 0.5) is 0 Å². The van der Waals surface area contributed by atoms with Crippen LogP contribution in [0.1, 0.15) is 36.4 Å². The predicted molar refractivity (Wildman–Crippen MR) is 80.8 cm³/mol. The highest BCUT2D eigenvalue weighted by molar-refractivity contribution is 5.38. The Morgan fingerprint density at radius 1 is 1.20 bits per heavy atom. The van der Waals surface area contributed by atoms with Gasteiger partial charge in [0.2, 0.25) is 0 Å². The zero-order chi connectivity index (χ0) is 13.9. The van der Waals surface area contributed by atoms with Gasteiger partial charge in [0.05, 0.1) is 7.11 Å². The van der Waals surface area contributed by atoms with E-state index >= 15 is 0 Å². The fraction of sp³-hybridized carbons (Fsp3) is 0.667. The van der Waals surface area contributed by atoms with Crippen LogP contribution in [0, 0.1) is 36.5 Å². The summed E-state index contributed by atoms with van der Waals surface area (Å²) in [7, 11) is 3.87. The van der Waals surface area contributed by atoms with Crippen molar-refractivity contribution in [3.05, 3.63) is 29.3 Å². The van der Waals surface area contributed by atoms with Gasteiger partial charge in [0.25, 0.3) is 0 Å². The third-order valence-corrected chi connectivity index (χ3v) is 6.30. The van der Waals surface area contributed by atoms with Gasteiger partial charge in [-0.05, 0) is 86.1 Å². The lowest BCUT2D eigenvalue weighted by atomic mass is 9.91. The molecule has 0 spiro atoms. The van der Waals surface area contributed by atoms with Gasteiger partial charge in [-0.2, -0.15) is 0 Å². The van der Waals surface area contributed by atoms with Gasteiger partial charge in [-0.25, -0.2) is 0 Å². The summed E-state index contributed by atoms with van der Waals surface area (Å²) in [5.41, 5.74) is 2.84. The van der Waals surface area contributed by atoms with Crippen molar-refractivity contribution < 1.29 is 4.74 Å². The maximum Gasteiger partial charge on any atom is 0.119 e. The Kier molecular flexibility index (Phi) is 2.85. The summed E-state index contributed by atoms with van der Waals surface area (Å²) >= 11 is 0. The number of benzene rings is 1. The molecule has 0 aliphatic heterocycles. The Labute approximate surface area is 121 Å². The molecule has 0 amide bonds. The van der Waals surface area contributed by atoms with Crippen molar-refractivity contribution >= 4 is 0 Å². The molecule has 0 radical (unpaired) electrons. The van der Waals surface area contributed by atoms with Gasteiger partial charge in [-0.3, -0.25) is 0 Å². The van der Waals surface area contributed by atoms with Gasteiger partial charge in [-0.1, -0.05) is 6.07 Å². The zero-order valence-corrected chi connectivity index (χ0v) is 12.7. The first-order chi connectivity index (χ1) is 9.74. The fourth-order valence-corrected chi connectivity index (χ4v) is 5.52. The highest BCUT2D eigenvalue weighted by Crippen LogP contribution is 2.72. The summed E-state index contributed by atoms with van der Waals surface area (Å²) in [6.45, 7) is 2.22. The second-order valence-corrected chi connectivity index (χ2v) is 7.05. The van der Waals surface area contributed by atoms with Crippen molar-refractivity contribution in [3.63, 3.8) is 0 Å². The molecule has 1 N–H and O–H groups in total. The number of fused-ring (bicyclic) bond motifs is 5. The summed E-state index contributed by atoms with van der Waals surface area (Å²) in [5, 5.41) is 3.62. The predicted octanol–water partition coefficient (Wildman–Crippen LogP) is 3.56. The molecular weight excluding hydrogens is 246 g/mol. The molecule has 108 valence electrons. The lowest BCUT2D eigenvalue weighted by Crippen LogP contribution is -2.22. The van der Waals surface area contributed by atoms with Crippen LogP contribution < -0.4 is 10.1 Å². The summed E-state index contributed by atoms with van der Waals surface area (Å²) < 4.78 is 5.34. The second kappa shape index (κ2) is 4.49. The van der Waals surface area contributed by atoms with E-state index in [-0.39, 0.29) is 0 Å². The molecule has 3 fully saturated rings. The maximum atomic E-state index is 5.34. The molecule has 2 heteroatoms. The monoisotopic (exact) mass is 271 g/mol. The number of methoxy groups -OCH3 is 1. The van der Waals surface area contributed by atoms with Crippen LogP contribution in [0.5, 0.6) is 5.75 Å². The Morgan fingerprint density at radius 2 is 1.90 bits per heavy atom. The molecule has 5 unspecified atom stereocenters. The fourth-order valence-electron chi connectivity index (χ4n) is 5.52. The van der Waals surface area contributed by atoms with Gasteiger partial charge < -0.3 is 10.1 Å². The smallest absolute Gasteiger partial charge is 0.119 e. The maximum absolute atomic E-state index is 5.34. The zero-order valence-electron chi connectivity index (χ0n) is 12.7. The minimum absolute atomic E-state index is 0.541. The van der Waals surface area contributed by atoms with Gasteiger partial charge in [0.1, 0.15) is 5.75 Å². The molecule has 3 aliphatic rings. The third-order valence-electron chi connectivity index (χ3n) is 6.30. The van der Waals surface area contributed by atoms with E-state index in [0.717, 1.165) is 35.3 Å². The van der Waals surface area contributed by atoms with E-state index in [1.807, 2.05) is 0 Å². The van der Waals surface area contributed by atoms with Crippen LogP contribution in [0.3, 0.4) is 0 Å². The molecule has 3 aliphatic carbocycles. The van der Waals surface area contributed by atoms with Crippen LogP contribution in [-0.2, 0) is 0 Å². The van der Waals surface area contributed by atoms with Gasteiger partial charge in [-0.15, -0.1) is 0 Å². The molecule has 2 bridgehead atoms. The van der Waals surface area contributed by atoms with Crippen molar-refractivity contribution in [2.24, 2.45) is 29.6 Å². The molecule has 4 rings (SSSR count). The summed E-state index contributed by atoms with van der Waals surface area (Å²) in [5.74, 6) is 5.99. The van der Waals surface area contributed by atoms with E-state index < -0.39 is 0 Å². The molecule has 0 heterocycles. The number of hydrogen-bond acceptors (Lipinski definition) is 2. The summed E-state index contributed by atoms with van der Waals surface area (Å²) in [6, 6.07) is 7.09. The van der Waals surface area contributed by atoms with E-state index in [9.17, 15) is 0 Å². The Balaban J connectivity index is 1.60. The summed E-state index contributed by atoms with van der Waals surface area (Å²) in [6.07, 6.45) is 4.53. The number of rotatable bonds is 4. The first-order valence-corrected chi connectivity index (χ1v) is 8.06. The lowest BCUT2D eigenvalue weighted by Gasteiger charge is -2.22. The average Bonchev–Trinajstić information content (AvgIpc) is 2.88. The largest absolute Gasteiger partial charge is 0.497 e. The molecule has 1 aromatic carbocycles. The minimum atomic E-state index is 0.541. The van der Waals surface area contributed by atoms with E-state index in [2.05, 4.69) is 37.5 Å². The second-order valence-electron chi connectivity index (χ2n) is 7.05. The van der Waals surface area contributed by atoms with Gasteiger partial charge in [0, 0.05) is 6.04 Å². The molecule has 0 aromatic heterocycles. The van der Waals surface area contributed by atoms with Crippen LogP contribution in [0.2, 0.25) is 0 Å². The number of ether oxygens (including phenoxy) is 1. The van der Waals surface area contributed by atoms with Crippen molar-refractivity contribution in [2.45, 2.75) is 32.2 Å². The Morgan fingerprint density at radius 3 is 2.45 bits per heavy atom. The van der Waals surface area contributed by atoms with Crippen LogP contribution >= 0.6 is 0 Å². The average molecular weight is 271 g/mol. The van der Waals surface area contributed by atoms with Crippen molar-refractivity contribution in [2.75, 3.05) is 14.2 Å². The molecule has 2 nitrogen and oxygen atoms in total. The first-order valence-electron chi connectivity index (χ1n) is 8.06. The van der Waals surface area contributed by atoms with Crippen LogP contribution in [0.25, 0.3) is 0 Å². The Bertz CT molecular complexity index is 510. The van der Waals surface area contributed by atoms with E-state index in [1.165, 1.54) is 30.4 Å². The van der Waals surface area contributed by atoms with E-state index in [1.54, 1.807) is 7.11 Å². The topological polar surface area (TPSA) is 21.3 Å². The minimum Gasteiger partial charge on any atom is -0.497 e. The standard InChI is InChI=1S/C18H25NO/c1-10-8-13(20-3)6-7-14(10)18(19-2)17-15-11-4-5-12(9-11)16(15)17/h6-8,11-12,15-19H,4-5,9H2,1-3H3. The molecule has 0 saturated heterocycles. The van der Waals surface area contributed by atoms with Crippen molar-refractivity contribution in [3.8, 4) is 5.75 Å². The molecular formula is C18H25NO. The third kappa shape index (κ3) is 1.67. The number of aryl methyl sites for hydroxylation is 1. The van der Waals surface area contributed by atoms with Crippen molar-refractivity contribution in [1.82, 2.24) is 5.32 Å². The number of hydrogen-bond donors (Lipinski definition) is 1. The molecule has 1 aromatic rings. The van der Waals surface area contributed by atoms with Crippen LogP contribution in [-0.4, -0.2) is 14.2 Å². The van der Waals surface area contributed by atoms with Gasteiger partial charge in [0.15, 0.2) is 0 Å². The Hall–Kier alpha value is -1.02. The normalized spacial score (nSPS) is 38.6. The first kappa shape index (κ1) is 12.7. The lowest BCUT2D eigenvalue weighted by molar-refractivity contribution is 0.383. The van der Waals surface area contributed by atoms with Crippen molar-refractivity contribution in [1.29, 1.82) is 0 Å². The SMILES string of the molecule is CNC(c1ccc(OC)cc1C)C1C2C3CCC(C3)C21. The summed E-state index contributed by atoms with van der Waals surface area (Å²) in [4.78, 5) is 0.